The lowest BCUT2D eigenvalue weighted by Crippen LogP contribution is -2.25. The molecular weight excluding hydrogens is 190 g/mol. The summed E-state index contributed by atoms with van der Waals surface area (Å²) in [6, 6.07) is 0. The van der Waals surface area contributed by atoms with E-state index in [0.29, 0.717) is 13.0 Å². The lowest BCUT2D eigenvalue weighted by Gasteiger charge is -2.15. The van der Waals surface area contributed by atoms with Crippen molar-refractivity contribution in [2.75, 3.05) is 7.05 Å². The maximum absolute atomic E-state index is 11.6. The normalized spacial score (nSPS) is 10.3. The molecule has 0 aliphatic rings. The van der Waals surface area contributed by atoms with Gasteiger partial charge < -0.3 is 4.90 Å². The Labute approximate surface area is 90.9 Å². The van der Waals surface area contributed by atoms with Gasteiger partial charge in [0.25, 0.3) is 0 Å². The summed E-state index contributed by atoms with van der Waals surface area (Å²) in [6.07, 6.45) is 6.41. The molecule has 4 heteroatoms. The molecule has 15 heavy (non-hydrogen) atoms. The predicted octanol–water partition coefficient (Wildman–Crippen LogP) is 1.57. The number of carbonyl (C=O) groups is 1. The van der Waals surface area contributed by atoms with Crippen LogP contribution in [-0.4, -0.2) is 27.6 Å². The van der Waals surface area contributed by atoms with Gasteiger partial charge in [0.05, 0.1) is 6.20 Å². The van der Waals surface area contributed by atoms with Crippen LogP contribution in [0.1, 0.15) is 31.7 Å². The Hall–Kier alpha value is -1.32. The summed E-state index contributed by atoms with van der Waals surface area (Å²) in [5.74, 6) is 0.209. The topological polar surface area (TPSA) is 38.1 Å². The van der Waals surface area contributed by atoms with Gasteiger partial charge in [-0.05, 0) is 6.42 Å². The third-order valence-electron chi connectivity index (χ3n) is 2.35. The first kappa shape index (κ1) is 11.8. The summed E-state index contributed by atoms with van der Waals surface area (Å²) < 4.78 is 1.75. The lowest BCUT2D eigenvalue weighted by atomic mass is 10.2. The van der Waals surface area contributed by atoms with E-state index in [-0.39, 0.29) is 5.91 Å². The van der Waals surface area contributed by atoms with Gasteiger partial charge in [0.15, 0.2) is 0 Å². The van der Waals surface area contributed by atoms with E-state index in [1.807, 2.05) is 20.3 Å². The van der Waals surface area contributed by atoms with E-state index in [0.717, 1.165) is 18.4 Å². The van der Waals surface area contributed by atoms with Gasteiger partial charge in [0, 0.05) is 38.8 Å². The van der Waals surface area contributed by atoms with Crippen LogP contribution in [0.25, 0.3) is 0 Å². The molecule has 84 valence electrons. The molecule has 0 unspecified atom stereocenters. The van der Waals surface area contributed by atoms with Crippen molar-refractivity contribution in [3.63, 3.8) is 0 Å². The molecule has 0 saturated carbocycles. The molecule has 1 aromatic rings. The molecule has 1 aromatic heterocycles. The Bertz CT molecular complexity index is 319. The predicted molar refractivity (Wildman–Crippen MR) is 59.2 cm³/mol. The fraction of sp³-hybridized carbons (Fsp3) is 0.636. The minimum absolute atomic E-state index is 0.209. The smallest absolute Gasteiger partial charge is 0.222 e. The number of unbranched alkanes of at least 4 members (excludes halogenated alkanes) is 1. The van der Waals surface area contributed by atoms with Gasteiger partial charge in [0.2, 0.25) is 5.91 Å². The van der Waals surface area contributed by atoms with Gasteiger partial charge >= 0.3 is 0 Å². The van der Waals surface area contributed by atoms with Crippen molar-refractivity contribution in [1.29, 1.82) is 0 Å². The van der Waals surface area contributed by atoms with Crippen LogP contribution in [-0.2, 0) is 18.4 Å². The number of hydrogen-bond acceptors (Lipinski definition) is 2. The van der Waals surface area contributed by atoms with Crippen molar-refractivity contribution in [1.82, 2.24) is 14.7 Å². The molecule has 0 bridgehead atoms. The highest BCUT2D eigenvalue weighted by Crippen LogP contribution is 2.04. The Balaban J connectivity index is 2.41. The number of amides is 1. The van der Waals surface area contributed by atoms with E-state index >= 15 is 0 Å². The molecule has 0 fully saturated rings. The quantitative estimate of drug-likeness (QED) is 0.738. The fourth-order valence-corrected chi connectivity index (χ4v) is 1.43. The minimum atomic E-state index is 0.209. The molecule has 0 spiro atoms. The highest BCUT2D eigenvalue weighted by atomic mass is 16.2. The standard InChI is InChI=1S/C11H19N3O/c1-4-5-6-11(15)13(2)8-10-7-12-14(3)9-10/h7,9H,4-6,8H2,1-3H3. The third kappa shape index (κ3) is 3.73. The Morgan fingerprint density at radius 2 is 2.33 bits per heavy atom. The monoisotopic (exact) mass is 209 g/mol. The van der Waals surface area contributed by atoms with Gasteiger partial charge in [-0.25, -0.2) is 0 Å². The zero-order valence-corrected chi connectivity index (χ0v) is 9.73. The molecule has 1 amide bonds. The van der Waals surface area contributed by atoms with Crippen LogP contribution >= 0.6 is 0 Å². The number of carbonyl (C=O) groups excluding carboxylic acids is 1. The van der Waals surface area contributed by atoms with E-state index in [2.05, 4.69) is 12.0 Å². The highest BCUT2D eigenvalue weighted by molar-refractivity contribution is 5.75. The number of rotatable bonds is 5. The average Bonchev–Trinajstić information content (AvgIpc) is 2.60. The highest BCUT2D eigenvalue weighted by Gasteiger charge is 2.08. The van der Waals surface area contributed by atoms with Crippen molar-refractivity contribution in [2.45, 2.75) is 32.7 Å². The first-order valence-corrected chi connectivity index (χ1v) is 5.35. The van der Waals surface area contributed by atoms with Crippen LogP contribution in [0.4, 0.5) is 0 Å². The molecule has 0 aliphatic heterocycles. The van der Waals surface area contributed by atoms with Crippen LogP contribution in [0.15, 0.2) is 12.4 Å². The van der Waals surface area contributed by atoms with Crippen molar-refractivity contribution in [3.8, 4) is 0 Å². The second kappa shape index (κ2) is 5.53. The largest absolute Gasteiger partial charge is 0.341 e. The summed E-state index contributed by atoms with van der Waals surface area (Å²) >= 11 is 0. The minimum Gasteiger partial charge on any atom is -0.341 e. The first-order chi connectivity index (χ1) is 7.13. The van der Waals surface area contributed by atoms with Crippen molar-refractivity contribution >= 4 is 5.91 Å². The van der Waals surface area contributed by atoms with Crippen molar-refractivity contribution in [3.05, 3.63) is 18.0 Å². The van der Waals surface area contributed by atoms with Crippen LogP contribution in [0.5, 0.6) is 0 Å². The van der Waals surface area contributed by atoms with E-state index in [4.69, 9.17) is 0 Å². The number of hydrogen-bond donors (Lipinski definition) is 0. The maximum Gasteiger partial charge on any atom is 0.222 e. The van der Waals surface area contributed by atoms with E-state index in [1.165, 1.54) is 0 Å². The van der Waals surface area contributed by atoms with Crippen molar-refractivity contribution < 1.29 is 4.79 Å². The summed E-state index contributed by atoms with van der Waals surface area (Å²) in [4.78, 5) is 13.4. The van der Waals surface area contributed by atoms with Crippen LogP contribution < -0.4 is 0 Å². The number of aryl methyl sites for hydroxylation is 1. The molecule has 0 atom stereocenters. The van der Waals surface area contributed by atoms with Crippen LogP contribution in [0.2, 0.25) is 0 Å². The van der Waals surface area contributed by atoms with E-state index in [9.17, 15) is 4.79 Å². The summed E-state index contributed by atoms with van der Waals surface area (Å²) in [6.45, 7) is 2.74. The van der Waals surface area contributed by atoms with Crippen LogP contribution in [0, 0.1) is 0 Å². The van der Waals surface area contributed by atoms with Gasteiger partial charge in [-0.2, -0.15) is 5.10 Å². The molecule has 1 rings (SSSR count). The molecule has 0 N–H and O–H groups in total. The zero-order valence-electron chi connectivity index (χ0n) is 9.73. The molecular formula is C11H19N3O. The van der Waals surface area contributed by atoms with E-state index < -0.39 is 0 Å². The molecule has 4 nitrogen and oxygen atoms in total. The van der Waals surface area contributed by atoms with Gasteiger partial charge in [-0.15, -0.1) is 0 Å². The second-order valence-electron chi connectivity index (χ2n) is 3.88. The average molecular weight is 209 g/mol. The summed E-state index contributed by atoms with van der Waals surface area (Å²) in [5, 5.41) is 4.07. The SMILES string of the molecule is CCCCC(=O)N(C)Cc1cnn(C)c1. The summed E-state index contributed by atoms with van der Waals surface area (Å²) in [7, 11) is 3.72. The number of nitrogens with zero attached hydrogens (tertiary/aromatic N) is 3. The van der Waals surface area contributed by atoms with Gasteiger partial charge in [-0.3, -0.25) is 9.48 Å². The lowest BCUT2D eigenvalue weighted by molar-refractivity contribution is -0.130. The molecule has 0 radical (unpaired) electrons. The maximum atomic E-state index is 11.6. The third-order valence-corrected chi connectivity index (χ3v) is 2.35. The molecule has 1 heterocycles. The Morgan fingerprint density at radius 1 is 1.60 bits per heavy atom. The second-order valence-corrected chi connectivity index (χ2v) is 3.88. The Morgan fingerprint density at radius 3 is 2.87 bits per heavy atom. The molecule has 0 aromatic carbocycles. The molecule has 0 saturated heterocycles. The Kier molecular flexibility index (Phi) is 4.34. The van der Waals surface area contributed by atoms with Gasteiger partial charge in [0.1, 0.15) is 0 Å². The molecule has 0 aliphatic carbocycles. The first-order valence-electron chi connectivity index (χ1n) is 5.35. The van der Waals surface area contributed by atoms with E-state index in [1.54, 1.807) is 15.8 Å². The fourth-order valence-electron chi connectivity index (χ4n) is 1.43. The zero-order chi connectivity index (χ0) is 11.3. The van der Waals surface area contributed by atoms with Gasteiger partial charge in [-0.1, -0.05) is 13.3 Å². The van der Waals surface area contributed by atoms with Crippen LogP contribution in [0.3, 0.4) is 0 Å². The number of aromatic nitrogens is 2. The van der Waals surface area contributed by atoms with Crippen molar-refractivity contribution in [2.24, 2.45) is 7.05 Å². The summed E-state index contributed by atoms with van der Waals surface area (Å²) in [5.41, 5.74) is 1.07.